The van der Waals surface area contributed by atoms with Crippen molar-refractivity contribution in [1.82, 2.24) is 0 Å². The molecule has 0 fully saturated rings. The fourth-order valence-electron chi connectivity index (χ4n) is 4.36. The van der Waals surface area contributed by atoms with Crippen molar-refractivity contribution in [2.24, 2.45) is 0 Å². The predicted octanol–water partition coefficient (Wildman–Crippen LogP) is 5.13. The second-order valence-electron chi connectivity index (χ2n) is 11.0. The molecule has 0 amide bonds. The number of carbonyl (C=O) groups is 1. The molecule has 0 saturated carbocycles. The van der Waals surface area contributed by atoms with E-state index in [1.807, 2.05) is 33.8 Å². The fourth-order valence-corrected chi connectivity index (χ4v) is 6.28. The standard InChI is InChI=1S/C13H18O4S.C13H20O3S/c1-8-6-11(13(3,4)5)10(7-14)9(2)12(8)18(15,16)17;1-8-7-11(13(4,5)6)9(2)10(3)12(8)17(14,15)16/h6-7H,1-5H3,(H,15,16,17);7H,1-6H3,(H,14,15,16)/p-2. The molecule has 0 bridgehead atoms. The molecule has 0 aliphatic heterocycles. The number of benzene rings is 2. The molecule has 2 rings (SSSR count). The highest BCUT2D eigenvalue weighted by molar-refractivity contribution is 7.86. The molecule has 2 aromatic rings. The van der Waals surface area contributed by atoms with Crippen LogP contribution in [0.5, 0.6) is 0 Å². The first kappa shape index (κ1) is 31.0. The van der Waals surface area contributed by atoms with E-state index in [1.165, 1.54) is 6.92 Å². The lowest BCUT2D eigenvalue weighted by Gasteiger charge is -2.26. The third-order valence-electron chi connectivity index (χ3n) is 6.01. The second-order valence-corrected chi connectivity index (χ2v) is 13.6. The largest absolute Gasteiger partial charge is 0.744 e. The molecule has 0 aliphatic rings. The zero-order valence-electron chi connectivity index (χ0n) is 22.4. The molecular formula is C26H36O7S2-2. The van der Waals surface area contributed by atoms with Gasteiger partial charge in [0.05, 0.1) is 9.79 Å². The van der Waals surface area contributed by atoms with E-state index in [-0.39, 0.29) is 26.2 Å². The fraction of sp³-hybridized carbons (Fsp3) is 0.500. The molecule has 0 atom stereocenters. The first-order valence-electron chi connectivity index (χ1n) is 11.1. The zero-order valence-corrected chi connectivity index (χ0v) is 24.0. The molecule has 0 aliphatic carbocycles. The highest BCUT2D eigenvalue weighted by Crippen LogP contribution is 2.34. The Kier molecular flexibility index (Phi) is 8.96. The van der Waals surface area contributed by atoms with Gasteiger partial charge in [0.1, 0.15) is 20.2 Å². The van der Waals surface area contributed by atoms with E-state index < -0.39 is 20.2 Å². The third-order valence-corrected chi connectivity index (χ3v) is 8.27. The SMILES string of the molecule is Cc1cc(C(C)(C)C)c(C)c(C)c1S(=O)(=O)[O-].Cc1cc(C(C)(C)C)c(C=O)c(C)c1S(=O)(=O)[O-]. The summed E-state index contributed by atoms with van der Waals surface area (Å²) in [6, 6.07) is 3.43. The van der Waals surface area contributed by atoms with E-state index >= 15 is 0 Å². The van der Waals surface area contributed by atoms with Crippen molar-refractivity contribution < 1.29 is 30.7 Å². The molecule has 0 spiro atoms. The highest BCUT2D eigenvalue weighted by Gasteiger charge is 2.24. The third kappa shape index (κ3) is 7.00. The molecular weight excluding hydrogens is 488 g/mol. The molecule has 7 nitrogen and oxygen atoms in total. The van der Waals surface area contributed by atoms with E-state index in [2.05, 4.69) is 20.8 Å². The Morgan fingerprint density at radius 3 is 1.29 bits per heavy atom. The quantitative estimate of drug-likeness (QED) is 0.401. The van der Waals surface area contributed by atoms with Gasteiger partial charge < -0.3 is 9.11 Å². The van der Waals surface area contributed by atoms with Gasteiger partial charge in [-0.25, -0.2) is 16.8 Å². The number of aldehydes is 1. The maximum atomic E-state index is 11.2. The molecule has 0 heterocycles. The average Bonchev–Trinajstić information content (AvgIpc) is 2.61. The summed E-state index contributed by atoms with van der Waals surface area (Å²) in [7, 11) is -8.97. The van der Waals surface area contributed by atoms with E-state index in [4.69, 9.17) is 0 Å². The first-order valence-corrected chi connectivity index (χ1v) is 13.9. The van der Waals surface area contributed by atoms with E-state index in [1.54, 1.807) is 26.8 Å². The summed E-state index contributed by atoms with van der Waals surface area (Å²) in [5.41, 5.74) is 4.39. The van der Waals surface area contributed by atoms with Gasteiger partial charge in [0.15, 0.2) is 6.29 Å². The minimum atomic E-state index is -4.57. The van der Waals surface area contributed by atoms with Gasteiger partial charge in [0, 0.05) is 5.56 Å². The summed E-state index contributed by atoms with van der Waals surface area (Å²) < 4.78 is 67.4. The van der Waals surface area contributed by atoms with Gasteiger partial charge in [-0.15, -0.1) is 0 Å². The Labute approximate surface area is 210 Å². The second kappa shape index (κ2) is 10.1. The monoisotopic (exact) mass is 524 g/mol. The lowest BCUT2D eigenvalue weighted by Crippen LogP contribution is -2.18. The average molecular weight is 525 g/mol. The predicted molar refractivity (Wildman–Crippen MR) is 135 cm³/mol. The molecule has 0 N–H and O–H groups in total. The Bertz CT molecular complexity index is 1350. The van der Waals surface area contributed by atoms with Crippen LogP contribution in [0.25, 0.3) is 0 Å². The van der Waals surface area contributed by atoms with Gasteiger partial charge in [-0.1, -0.05) is 53.7 Å². The molecule has 0 aromatic heterocycles. The number of rotatable bonds is 3. The van der Waals surface area contributed by atoms with Crippen LogP contribution in [0.1, 0.15) is 90.8 Å². The van der Waals surface area contributed by atoms with Crippen molar-refractivity contribution in [2.45, 2.75) is 96.8 Å². The van der Waals surface area contributed by atoms with Crippen LogP contribution in [0.15, 0.2) is 21.9 Å². The van der Waals surface area contributed by atoms with Crippen molar-refractivity contribution in [3.05, 3.63) is 56.6 Å². The summed E-state index contributed by atoms with van der Waals surface area (Å²) in [6.45, 7) is 20.3. The Morgan fingerprint density at radius 1 is 0.629 bits per heavy atom. The number of hydrogen-bond donors (Lipinski definition) is 0. The van der Waals surface area contributed by atoms with Crippen LogP contribution >= 0.6 is 0 Å². The smallest absolute Gasteiger partial charge is 0.150 e. The summed E-state index contributed by atoms with van der Waals surface area (Å²) >= 11 is 0. The number of hydrogen-bond acceptors (Lipinski definition) is 7. The maximum absolute atomic E-state index is 11.2. The van der Waals surface area contributed by atoms with E-state index in [9.17, 15) is 30.7 Å². The van der Waals surface area contributed by atoms with Gasteiger partial charge in [-0.2, -0.15) is 0 Å². The van der Waals surface area contributed by atoms with Crippen molar-refractivity contribution in [1.29, 1.82) is 0 Å². The molecule has 0 unspecified atom stereocenters. The molecule has 196 valence electrons. The Hall–Kier alpha value is -2.07. The van der Waals surface area contributed by atoms with Gasteiger partial charge in [-0.3, -0.25) is 4.79 Å². The summed E-state index contributed by atoms with van der Waals surface area (Å²) in [4.78, 5) is 10.8. The van der Waals surface area contributed by atoms with Crippen LogP contribution in [0.4, 0.5) is 0 Å². The van der Waals surface area contributed by atoms with Crippen molar-refractivity contribution in [3.63, 3.8) is 0 Å². The minimum absolute atomic E-state index is 0.0647. The van der Waals surface area contributed by atoms with Crippen molar-refractivity contribution in [3.8, 4) is 0 Å². The molecule has 35 heavy (non-hydrogen) atoms. The lowest BCUT2D eigenvalue weighted by atomic mass is 9.81. The van der Waals surface area contributed by atoms with Crippen molar-refractivity contribution >= 4 is 26.5 Å². The van der Waals surface area contributed by atoms with Gasteiger partial charge in [0.25, 0.3) is 0 Å². The molecule has 9 heteroatoms. The molecule has 2 aromatic carbocycles. The summed E-state index contributed by atoms with van der Waals surface area (Å²) in [6.07, 6.45) is 0.615. The van der Waals surface area contributed by atoms with Crippen molar-refractivity contribution in [2.75, 3.05) is 0 Å². The maximum Gasteiger partial charge on any atom is 0.150 e. The van der Waals surface area contributed by atoms with Crippen LogP contribution in [0.3, 0.4) is 0 Å². The topological polar surface area (TPSA) is 131 Å². The first-order chi connectivity index (χ1) is 15.5. The Morgan fingerprint density at radius 2 is 0.971 bits per heavy atom. The van der Waals surface area contributed by atoms with Crippen LogP contribution in [-0.2, 0) is 31.1 Å². The van der Waals surface area contributed by atoms with Gasteiger partial charge >= 0.3 is 0 Å². The van der Waals surface area contributed by atoms with Crippen LogP contribution < -0.4 is 0 Å². The zero-order chi connectivity index (χ0) is 27.9. The highest BCUT2D eigenvalue weighted by atomic mass is 32.2. The Balaban J connectivity index is 0.000000351. The van der Waals surface area contributed by atoms with Gasteiger partial charge in [0.2, 0.25) is 0 Å². The normalized spacial score (nSPS) is 12.7. The van der Waals surface area contributed by atoms with Crippen LogP contribution in [-0.4, -0.2) is 32.2 Å². The molecule has 0 radical (unpaired) electrons. The number of aryl methyl sites for hydroxylation is 2. The van der Waals surface area contributed by atoms with E-state index in [0.717, 1.165) is 16.7 Å². The number of carbonyl (C=O) groups excluding carboxylic acids is 1. The van der Waals surface area contributed by atoms with Crippen LogP contribution in [0, 0.1) is 34.6 Å². The lowest BCUT2D eigenvalue weighted by molar-refractivity contribution is 0.112. The van der Waals surface area contributed by atoms with E-state index in [0.29, 0.717) is 28.5 Å². The van der Waals surface area contributed by atoms with Crippen LogP contribution in [0.2, 0.25) is 0 Å². The summed E-state index contributed by atoms with van der Waals surface area (Å²) in [5.74, 6) is 0. The van der Waals surface area contributed by atoms with Gasteiger partial charge in [-0.05, 0) is 84.4 Å². The molecule has 0 saturated heterocycles. The summed E-state index contributed by atoms with van der Waals surface area (Å²) in [5, 5.41) is 0. The minimum Gasteiger partial charge on any atom is -0.744 e.